The number of aryl methyl sites for hydroxylation is 1. The molecular weight excluding hydrogens is 248 g/mol. The Kier molecular flexibility index (Phi) is 2.93. The first-order valence-corrected chi connectivity index (χ1v) is 6.64. The van der Waals surface area contributed by atoms with Crippen LogP contribution in [0, 0.1) is 6.92 Å². The molecule has 0 bridgehead atoms. The Bertz CT molecular complexity index is 568. The number of ether oxygens (including phenoxy) is 1. The number of aromatic hydroxyl groups is 1. The van der Waals surface area contributed by atoms with Crippen molar-refractivity contribution in [3.05, 3.63) is 39.8 Å². The molecule has 0 aliphatic carbocycles. The summed E-state index contributed by atoms with van der Waals surface area (Å²) in [4.78, 5) is 5.45. The number of aromatic nitrogens is 1. The third-order valence-corrected chi connectivity index (χ3v) is 3.88. The highest BCUT2D eigenvalue weighted by atomic mass is 32.1. The predicted octanol–water partition coefficient (Wildman–Crippen LogP) is 2.38. The fraction of sp³-hybridized carbons (Fsp3) is 0.308. The van der Waals surface area contributed by atoms with E-state index in [9.17, 15) is 5.11 Å². The maximum absolute atomic E-state index is 9.39. The summed E-state index contributed by atoms with van der Waals surface area (Å²) in [6, 6.07) is 5.45. The SMILES string of the molecule is Cc1ncc(CNC2COc3cc(O)ccc32)s1. The molecule has 1 atom stereocenters. The third-order valence-electron chi connectivity index (χ3n) is 2.97. The minimum atomic E-state index is 0.183. The van der Waals surface area contributed by atoms with E-state index in [1.807, 2.05) is 19.2 Å². The maximum Gasteiger partial charge on any atom is 0.127 e. The van der Waals surface area contributed by atoms with Crippen molar-refractivity contribution in [2.45, 2.75) is 19.5 Å². The Hall–Kier alpha value is -1.59. The van der Waals surface area contributed by atoms with E-state index >= 15 is 0 Å². The van der Waals surface area contributed by atoms with Crippen molar-refractivity contribution in [2.75, 3.05) is 6.61 Å². The number of hydrogen-bond acceptors (Lipinski definition) is 5. The molecule has 1 unspecified atom stereocenters. The molecule has 0 fully saturated rings. The molecule has 3 rings (SSSR count). The molecule has 0 saturated heterocycles. The van der Waals surface area contributed by atoms with Crippen molar-refractivity contribution in [3.63, 3.8) is 0 Å². The van der Waals surface area contributed by atoms with Crippen molar-refractivity contribution in [1.29, 1.82) is 0 Å². The van der Waals surface area contributed by atoms with Gasteiger partial charge in [0.05, 0.1) is 11.0 Å². The predicted molar refractivity (Wildman–Crippen MR) is 70.0 cm³/mol. The monoisotopic (exact) mass is 262 g/mol. The highest BCUT2D eigenvalue weighted by Crippen LogP contribution is 2.35. The zero-order valence-electron chi connectivity index (χ0n) is 10.0. The van der Waals surface area contributed by atoms with Gasteiger partial charge in [0.2, 0.25) is 0 Å². The minimum absolute atomic E-state index is 0.183. The first kappa shape index (κ1) is 11.5. The molecule has 1 aromatic carbocycles. The molecule has 1 aliphatic heterocycles. The summed E-state index contributed by atoms with van der Waals surface area (Å²) in [5.74, 6) is 1.01. The highest BCUT2D eigenvalue weighted by Gasteiger charge is 2.23. The number of nitrogens with zero attached hydrogens (tertiary/aromatic N) is 1. The average molecular weight is 262 g/mol. The second-order valence-corrected chi connectivity index (χ2v) is 5.63. The molecule has 0 radical (unpaired) electrons. The van der Waals surface area contributed by atoms with Crippen LogP contribution in [0.2, 0.25) is 0 Å². The number of hydrogen-bond donors (Lipinski definition) is 2. The van der Waals surface area contributed by atoms with Crippen LogP contribution in [0.3, 0.4) is 0 Å². The van der Waals surface area contributed by atoms with Crippen molar-refractivity contribution in [3.8, 4) is 11.5 Å². The third kappa shape index (κ3) is 2.19. The molecule has 0 amide bonds. The summed E-state index contributed by atoms with van der Waals surface area (Å²) < 4.78 is 5.55. The maximum atomic E-state index is 9.39. The lowest BCUT2D eigenvalue weighted by atomic mass is 10.1. The molecule has 1 aromatic heterocycles. The normalized spacial score (nSPS) is 17.5. The average Bonchev–Trinajstić information content (AvgIpc) is 2.92. The first-order chi connectivity index (χ1) is 8.72. The lowest BCUT2D eigenvalue weighted by molar-refractivity contribution is 0.310. The molecule has 5 heteroatoms. The molecule has 0 saturated carbocycles. The van der Waals surface area contributed by atoms with Crippen LogP contribution in [0.5, 0.6) is 11.5 Å². The molecule has 2 heterocycles. The molecule has 4 nitrogen and oxygen atoms in total. The summed E-state index contributed by atoms with van der Waals surface area (Å²) in [5, 5.41) is 13.9. The molecule has 1 aliphatic rings. The van der Waals surface area contributed by atoms with E-state index in [-0.39, 0.29) is 11.8 Å². The van der Waals surface area contributed by atoms with Crippen molar-refractivity contribution in [1.82, 2.24) is 10.3 Å². The number of thiazole rings is 1. The molecule has 18 heavy (non-hydrogen) atoms. The molecule has 94 valence electrons. The summed E-state index contributed by atoms with van der Waals surface area (Å²) >= 11 is 1.70. The largest absolute Gasteiger partial charge is 0.508 e. The van der Waals surface area contributed by atoms with Crippen LogP contribution in [-0.2, 0) is 6.54 Å². The summed E-state index contributed by atoms with van der Waals surface area (Å²) in [6.45, 7) is 3.40. The number of fused-ring (bicyclic) bond motifs is 1. The molecule has 2 N–H and O–H groups in total. The van der Waals surface area contributed by atoms with E-state index in [1.165, 1.54) is 4.88 Å². The van der Waals surface area contributed by atoms with E-state index in [1.54, 1.807) is 23.5 Å². The Labute approximate surface area is 109 Å². The smallest absolute Gasteiger partial charge is 0.127 e. The lowest BCUT2D eigenvalue weighted by Crippen LogP contribution is -2.21. The van der Waals surface area contributed by atoms with Gasteiger partial charge in [-0.05, 0) is 19.1 Å². The summed E-state index contributed by atoms with van der Waals surface area (Å²) in [5.41, 5.74) is 1.11. The van der Waals surface area contributed by atoms with Gasteiger partial charge in [0.1, 0.15) is 18.1 Å². The van der Waals surface area contributed by atoms with Gasteiger partial charge in [-0.2, -0.15) is 0 Å². The minimum Gasteiger partial charge on any atom is -0.508 e. The van der Waals surface area contributed by atoms with Crippen LogP contribution in [-0.4, -0.2) is 16.7 Å². The standard InChI is InChI=1S/C13H14N2O2S/c1-8-14-5-10(18-8)6-15-12-7-17-13-4-9(16)2-3-11(12)13/h2-5,12,15-16H,6-7H2,1H3. The Balaban J connectivity index is 1.69. The quantitative estimate of drug-likeness (QED) is 0.891. The Morgan fingerprint density at radius 1 is 1.56 bits per heavy atom. The number of phenolic OH excluding ortho intramolecular Hbond substituents is 1. The van der Waals surface area contributed by atoms with E-state index in [4.69, 9.17) is 4.74 Å². The second-order valence-electron chi connectivity index (χ2n) is 4.31. The van der Waals surface area contributed by atoms with Gasteiger partial charge >= 0.3 is 0 Å². The summed E-state index contributed by atoms with van der Waals surface area (Å²) in [6.07, 6.45) is 1.90. The Morgan fingerprint density at radius 2 is 2.44 bits per heavy atom. The number of rotatable bonds is 3. The number of nitrogens with one attached hydrogen (secondary N) is 1. The van der Waals surface area contributed by atoms with Gasteiger partial charge in [0.15, 0.2) is 0 Å². The highest BCUT2D eigenvalue weighted by molar-refractivity contribution is 7.11. The van der Waals surface area contributed by atoms with Crippen molar-refractivity contribution >= 4 is 11.3 Å². The fourth-order valence-corrected chi connectivity index (χ4v) is 2.82. The van der Waals surface area contributed by atoms with E-state index < -0.39 is 0 Å². The summed E-state index contributed by atoms with van der Waals surface area (Å²) in [7, 11) is 0. The van der Waals surface area contributed by atoms with Crippen LogP contribution in [0.25, 0.3) is 0 Å². The number of benzene rings is 1. The molecule has 0 spiro atoms. The van der Waals surface area contributed by atoms with Crippen LogP contribution in [0.15, 0.2) is 24.4 Å². The van der Waals surface area contributed by atoms with Gasteiger partial charge in [0, 0.05) is 29.2 Å². The van der Waals surface area contributed by atoms with Crippen LogP contribution in [0.1, 0.15) is 21.5 Å². The van der Waals surface area contributed by atoms with Gasteiger partial charge in [-0.3, -0.25) is 0 Å². The van der Waals surface area contributed by atoms with E-state index in [2.05, 4.69) is 10.3 Å². The number of phenols is 1. The van der Waals surface area contributed by atoms with E-state index in [0.717, 1.165) is 22.9 Å². The second kappa shape index (κ2) is 4.59. The fourth-order valence-electron chi connectivity index (χ4n) is 2.08. The van der Waals surface area contributed by atoms with Crippen molar-refractivity contribution < 1.29 is 9.84 Å². The van der Waals surface area contributed by atoms with Crippen LogP contribution < -0.4 is 10.1 Å². The molecular formula is C13H14N2O2S. The van der Waals surface area contributed by atoms with Gasteiger partial charge in [-0.25, -0.2) is 4.98 Å². The lowest BCUT2D eigenvalue weighted by Gasteiger charge is -2.10. The van der Waals surface area contributed by atoms with Crippen molar-refractivity contribution in [2.24, 2.45) is 0 Å². The first-order valence-electron chi connectivity index (χ1n) is 5.83. The van der Waals surface area contributed by atoms with E-state index in [0.29, 0.717) is 6.61 Å². The molecule has 2 aromatic rings. The van der Waals surface area contributed by atoms with Gasteiger partial charge in [-0.1, -0.05) is 0 Å². The zero-order valence-corrected chi connectivity index (χ0v) is 10.8. The Morgan fingerprint density at radius 3 is 3.22 bits per heavy atom. The van der Waals surface area contributed by atoms with Gasteiger partial charge in [-0.15, -0.1) is 11.3 Å². The van der Waals surface area contributed by atoms with Gasteiger partial charge in [0.25, 0.3) is 0 Å². The van der Waals surface area contributed by atoms with Crippen LogP contribution in [0.4, 0.5) is 0 Å². The van der Waals surface area contributed by atoms with Gasteiger partial charge < -0.3 is 15.2 Å². The zero-order chi connectivity index (χ0) is 12.5. The topological polar surface area (TPSA) is 54.4 Å². The van der Waals surface area contributed by atoms with Crippen LogP contribution >= 0.6 is 11.3 Å².